The van der Waals surface area contributed by atoms with Gasteiger partial charge in [0, 0.05) is 6.61 Å². The number of anilines is 1. The molecular formula is C11H13FN2O2. The van der Waals surface area contributed by atoms with Crippen LogP contribution in [0, 0.1) is 5.95 Å². The van der Waals surface area contributed by atoms with Crippen molar-refractivity contribution in [3.05, 3.63) is 24.1 Å². The van der Waals surface area contributed by atoms with Gasteiger partial charge in [0.05, 0.1) is 0 Å². The first-order valence-corrected chi connectivity index (χ1v) is 5.18. The van der Waals surface area contributed by atoms with E-state index in [-0.39, 0.29) is 11.7 Å². The molecule has 1 aromatic heterocycles. The highest BCUT2D eigenvalue weighted by molar-refractivity contribution is 5.96. The van der Waals surface area contributed by atoms with Crippen LogP contribution in [-0.2, 0) is 9.53 Å². The van der Waals surface area contributed by atoms with Crippen molar-refractivity contribution in [1.29, 1.82) is 0 Å². The normalized spacial score (nSPS) is 24.4. The van der Waals surface area contributed by atoms with Crippen molar-refractivity contribution < 1.29 is 13.9 Å². The molecule has 1 unspecified atom stereocenters. The molecule has 1 saturated heterocycles. The fraction of sp³-hybridized carbons (Fsp3) is 0.455. The number of nitrogens with zero attached hydrogens (tertiary/aromatic N) is 1. The minimum Gasteiger partial charge on any atom is -0.365 e. The molecule has 1 aromatic rings. The third-order valence-corrected chi connectivity index (χ3v) is 2.66. The molecule has 1 atom stereocenters. The van der Waals surface area contributed by atoms with Gasteiger partial charge >= 0.3 is 0 Å². The number of carbonyl (C=O) groups excluding carboxylic acids is 1. The number of ether oxygens (including phenoxy) is 1. The average Bonchev–Trinajstić information content (AvgIpc) is 2.66. The molecule has 86 valence electrons. The van der Waals surface area contributed by atoms with Crippen molar-refractivity contribution >= 4 is 11.7 Å². The van der Waals surface area contributed by atoms with Crippen LogP contribution in [0.2, 0.25) is 0 Å². The van der Waals surface area contributed by atoms with Gasteiger partial charge in [-0.25, -0.2) is 4.98 Å². The van der Waals surface area contributed by atoms with Crippen LogP contribution in [0.4, 0.5) is 10.2 Å². The molecule has 16 heavy (non-hydrogen) atoms. The number of hydrogen-bond acceptors (Lipinski definition) is 3. The minimum atomic E-state index is -0.812. The molecule has 0 saturated carbocycles. The Hall–Kier alpha value is -1.49. The molecule has 2 rings (SSSR count). The molecule has 1 amide bonds. The molecular weight excluding hydrogens is 211 g/mol. The molecule has 4 nitrogen and oxygen atoms in total. The molecule has 0 radical (unpaired) electrons. The van der Waals surface area contributed by atoms with Crippen LogP contribution in [0.25, 0.3) is 0 Å². The van der Waals surface area contributed by atoms with E-state index in [0.29, 0.717) is 13.0 Å². The van der Waals surface area contributed by atoms with Crippen molar-refractivity contribution in [2.24, 2.45) is 0 Å². The predicted octanol–water partition coefficient (Wildman–Crippen LogP) is 1.73. The van der Waals surface area contributed by atoms with Crippen LogP contribution in [0.5, 0.6) is 0 Å². The monoisotopic (exact) mass is 224 g/mol. The molecule has 0 bridgehead atoms. The van der Waals surface area contributed by atoms with Gasteiger partial charge in [-0.15, -0.1) is 0 Å². The quantitative estimate of drug-likeness (QED) is 0.778. The van der Waals surface area contributed by atoms with Gasteiger partial charge in [-0.05, 0) is 31.9 Å². The van der Waals surface area contributed by atoms with E-state index in [4.69, 9.17) is 4.74 Å². The van der Waals surface area contributed by atoms with E-state index in [1.165, 1.54) is 12.1 Å². The molecule has 1 aliphatic heterocycles. The Morgan fingerprint density at radius 3 is 3.06 bits per heavy atom. The van der Waals surface area contributed by atoms with Crippen molar-refractivity contribution in [1.82, 2.24) is 4.98 Å². The molecule has 0 aliphatic carbocycles. The Bertz CT molecular complexity index is 403. The van der Waals surface area contributed by atoms with Crippen LogP contribution in [-0.4, -0.2) is 23.1 Å². The van der Waals surface area contributed by atoms with Gasteiger partial charge in [-0.2, -0.15) is 4.39 Å². The number of carbonyl (C=O) groups is 1. The van der Waals surface area contributed by atoms with E-state index >= 15 is 0 Å². The molecule has 1 fully saturated rings. The minimum absolute atomic E-state index is 0.210. The predicted molar refractivity (Wildman–Crippen MR) is 56.4 cm³/mol. The first kappa shape index (κ1) is 11.0. The lowest BCUT2D eigenvalue weighted by Crippen LogP contribution is -2.39. The Balaban J connectivity index is 2.07. The summed E-state index contributed by atoms with van der Waals surface area (Å²) in [7, 11) is 0. The van der Waals surface area contributed by atoms with Crippen LogP contribution in [0.15, 0.2) is 18.2 Å². The Labute approximate surface area is 92.8 Å². The van der Waals surface area contributed by atoms with Crippen molar-refractivity contribution in [2.75, 3.05) is 11.9 Å². The van der Waals surface area contributed by atoms with E-state index in [1.807, 2.05) is 0 Å². The fourth-order valence-electron chi connectivity index (χ4n) is 1.68. The number of rotatable bonds is 2. The van der Waals surface area contributed by atoms with E-state index in [0.717, 1.165) is 6.42 Å². The molecule has 2 heterocycles. The molecule has 0 spiro atoms. The topological polar surface area (TPSA) is 51.2 Å². The SMILES string of the molecule is CC1(C(=O)Nc2cccc(F)n2)CCCO1. The zero-order valence-corrected chi connectivity index (χ0v) is 9.00. The number of aromatic nitrogens is 1. The first-order chi connectivity index (χ1) is 7.60. The van der Waals surface area contributed by atoms with Gasteiger partial charge in [-0.1, -0.05) is 6.07 Å². The van der Waals surface area contributed by atoms with E-state index < -0.39 is 11.5 Å². The maximum atomic E-state index is 12.8. The van der Waals surface area contributed by atoms with Gasteiger partial charge in [0.25, 0.3) is 5.91 Å². The Kier molecular flexibility index (Phi) is 2.87. The Morgan fingerprint density at radius 1 is 1.62 bits per heavy atom. The van der Waals surface area contributed by atoms with Gasteiger partial charge < -0.3 is 10.1 Å². The Morgan fingerprint density at radius 2 is 2.44 bits per heavy atom. The summed E-state index contributed by atoms with van der Waals surface area (Å²) in [5.41, 5.74) is -0.812. The van der Waals surface area contributed by atoms with Crippen molar-refractivity contribution in [3.63, 3.8) is 0 Å². The van der Waals surface area contributed by atoms with Crippen LogP contribution >= 0.6 is 0 Å². The zero-order chi connectivity index (χ0) is 11.6. The third-order valence-electron chi connectivity index (χ3n) is 2.66. The van der Waals surface area contributed by atoms with Crippen molar-refractivity contribution in [3.8, 4) is 0 Å². The summed E-state index contributed by atoms with van der Waals surface area (Å²) in [5.74, 6) is -0.680. The first-order valence-electron chi connectivity index (χ1n) is 5.18. The average molecular weight is 224 g/mol. The molecule has 1 N–H and O–H groups in total. The summed E-state index contributed by atoms with van der Waals surface area (Å²) >= 11 is 0. The lowest BCUT2D eigenvalue weighted by molar-refractivity contribution is -0.133. The van der Waals surface area contributed by atoms with Crippen LogP contribution in [0.1, 0.15) is 19.8 Å². The third kappa shape index (κ3) is 2.19. The highest BCUT2D eigenvalue weighted by atomic mass is 19.1. The van der Waals surface area contributed by atoms with E-state index in [1.54, 1.807) is 13.0 Å². The number of hydrogen-bond donors (Lipinski definition) is 1. The van der Waals surface area contributed by atoms with Crippen molar-refractivity contribution in [2.45, 2.75) is 25.4 Å². The van der Waals surface area contributed by atoms with Gasteiger partial charge in [0.1, 0.15) is 11.4 Å². The lowest BCUT2D eigenvalue weighted by Gasteiger charge is -2.21. The van der Waals surface area contributed by atoms with Gasteiger partial charge in [0.15, 0.2) is 0 Å². The second-order valence-corrected chi connectivity index (χ2v) is 3.98. The molecule has 1 aliphatic rings. The highest BCUT2D eigenvalue weighted by Crippen LogP contribution is 2.26. The summed E-state index contributed by atoms with van der Waals surface area (Å²) in [6.45, 7) is 2.31. The van der Waals surface area contributed by atoms with E-state index in [9.17, 15) is 9.18 Å². The highest BCUT2D eigenvalue weighted by Gasteiger charge is 2.37. The van der Waals surface area contributed by atoms with Gasteiger partial charge in [-0.3, -0.25) is 4.79 Å². The smallest absolute Gasteiger partial charge is 0.257 e. The zero-order valence-electron chi connectivity index (χ0n) is 9.00. The fourth-order valence-corrected chi connectivity index (χ4v) is 1.68. The molecule has 5 heteroatoms. The maximum Gasteiger partial charge on any atom is 0.257 e. The van der Waals surface area contributed by atoms with E-state index in [2.05, 4.69) is 10.3 Å². The largest absolute Gasteiger partial charge is 0.365 e. The number of pyridine rings is 1. The van der Waals surface area contributed by atoms with Crippen LogP contribution in [0.3, 0.4) is 0 Å². The number of nitrogens with one attached hydrogen (secondary N) is 1. The summed E-state index contributed by atoms with van der Waals surface area (Å²) < 4.78 is 18.2. The summed E-state index contributed by atoms with van der Waals surface area (Å²) in [6, 6.07) is 4.26. The summed E-state index contributed by atoms with van der Waals surface area (Å²) in [5, 5.41) is 2.55. The molecule has 0 aromatic carbocycles. The van der Waals surface area contributed by atoms with Crippen LogP contribution < -0.4 is 5.32 Å². The summed E-state index contributed by atoms with van der Waals surface area (Å²) in [6.07, 6.45) is 1.54. The number of halogens is 1. The lowest BCUT2D eigenvalue weighted by atomic mass is 10.0. The second kappa shape index (κ2) is 4.17. The standard InChI is InChI=1S/C11H13FN2O2/c1-11(6-3-7-16-11)10(15)14-9-5-2-4-8(12)13-9/h2,4-5H,3,6-7H2,1H3,(H,13,14,15). The summed E-state index contributed by atoms with van der Waals surface area (Å²) in [4.78, 5) is 15.4. The number of amides is 1. The van der Waals surface area contributed by atoms with Gasteiger partial charge in [0.2, 0.25) is 5.95 Å². The second-order valence-electron chi connectivity index (χ2n) is 3.98. The maximum absolute atomic E-state index is 12.8.